The molecule has 0 saturated carbocycles. The molecule has 2 aromatic heterocycles. The highest BCUT2D eigenvalue weighted by Gasteiger charge is 2.35. The third kappa shape index (κ3) is 3.82. The van der Waals surface area contributed by atoms with Crippen molar-refractivity contribution < 1.29 is 14.6 Å². The van der Waals surface area contributed by atoms with E-state index in [1.807, 2.05) is 60.7 Å². The Morgan fingerprint density at radius 3 is 2.81 bits per heavy atom. The first-order chi connectivity index (χ1) is 15.1. The summed E-state index contributed by atoms with van der Waals surface area (Å²) < 4.78 is 7.02. The number of H-pyrrole nitrogens is 1. The molecular formula is C24H20BrN3O3. The van der Waals surface area contributed by atoms with Crippen molar-refractivity contribution in [2.45, 2.75) is 25.1 Å². The van der Waals surface area contributed by atoms with Crippen molar-refractivity contribution in [2.24, 2.45) is 0 Å². The van der Waals surface area contributed by atoms with Crippen LogP contribution in [0.3, 0.4) is 0 Å². The molecule has 2 atom stereocenters. The summed E-state index contributed by atoms with van der Waals surface area (Å²) in [6.45, 7) is 0.324. The van der Waals surface area contributed by atoms with Crippen LogP contribution in [0, 0.1) is 0 Å². The number of benzene rings is 2. The standard InChI is InChI=1S/C24H20BrN3O3/c25-14-8-9-21(31-13-15-5-3-4-10-26-15)18(11-14)23-22-17(12-20(28-23)24(29)30)16-6-1-2-7-19(16)27-22/h1-11,20,23,27-28H,12-13H2,(H,29,30)/t20-,23+/m0/s1. The van der Waals surface area contributed by atoms with Crippen LogP contribution in [0.2, 0.25) is 0 Å². The molecule has 0 saturated heterocycles. The molecule has 1 aliphatic rings. The van der Waals surface area contributed by atoms with E-state index in [-0.39, 0.29) is 6.04 Å². The molecule has 0 unspecified atom stereocenters. The third-order valence-corrected chi connectivity index (χ3v) is 6.09. The predicted octanol–water partition coefficient (Wildman–Crippen LogP) is 4.59. The van der Waals surface area contributed by atoms with Gasteiger partial charge >= 0.3 is 5.97 Å². The number of fused-ring (bicyclic) bond motifs is 3. The summed E-state index contributed by atoms with van der Waals surface area (Å²) in [4.78, 5) is 19.8. The number of aromatic amines is 1. The van der Waals surface area contributed by atoms with Gasteiger partial charge in [-0.05, 0) is 42.0 Å². The molecule has 0 spiro atoms. The van der Waals surface area contributed by atoms with Crippen molar-refractivity contribution >= 4 is 32.8 Å². The predicted molar refractivity (Wildman–Crippen MR) is 121 cm³/mol. The molecule has 0 aliphatic carbocycles. The van der Waals surface area contributed by atoms with Gasteiger partial charge in [-0.25, -0.2) is 0 Å². The third-order valence-electron chi connectivity index (χ3n) is 5.59. The van der Waals surface area contributed by atoms with Gasteiger partial charge in [0, 0.05) is 39.3 Å². The van der Waals surface area contributed by atoms with E-state index in [1.54, 1.807) is 6.20 Å². The topological polar surface area (TPSA) is 87.2 Å². The first-order valence-electron chi connectivity index (χ1n) is 10.0. The van der Waals surface area contributed by atoms with Crippen LogP contribution in [0.4, 0.5) is 0 Å². The van der Waals surface area contributed by atoms with Crippen molar-refractivity contribution in [3.05, 3.63) is 93.8 Å². The molecule has 0 amide bonds. The normalized spacial score (nSPS) is 18.0. The fraction of sp³-hybridized carbons (Fsp3) is 0.167. The number of rotatable bonds is 5. The number of nitrogens with zero attached hydrogens (tertiary/aromatic N) is 1. The Labute approximate surface area is 187 Å². The van der Waals surface area contributed by atoms with Crippen LogP contribution in [0.15, 0.2) is 71.3 Å². The monoisotopic (exact) mass is 477 g/mol. The highest BCUT2D eigenvalue weighted by molar-refractivity contribution is 9.10. The summed E-state index contributed by atoms with van der Waals surface area (Å²) in [5.74, 6) is -0.186. The zero-order valence-corrected chi connectivity index (χ0v) is 18.1. The number of nitrogens with one attached hydrogen (secondary N) is 2. The lowest BCUT2D eigenvalue weighted by molar-refractivity contribution is -0.139. The lowest BCUT2D eigenvalue weighted by atomic mass is 9.90. The zero-order valence-electron chi connectivity index (χ0n) is 16.5. The Morgan fingerprint density at radius 2 is 2.00 bits per heavy atom. The number of hydrogen-bond donors (Lipinski definition) is 3. The molecule has 0 bridgehead atoms. The quantitative estimate of drug-likeness (QED) is 0.391. The summed E-state index contributed by atoms with van der Waals surface area (Å²) >= 11 is 3.56. The van der Waals surface area contributed by atoms with Crippen LogP contribution in [0.5, 0.6) is 5.75 Å². The van der Waals surface area contributed by atoms with Crippen LogP contribution in [0.1, 0.15) is 28.6 Å². The number of hydrogen-bond acceptors (Lipinski definition) is 4. The van der Waals surface area contributed by atoms with E-state index in [4.69, 9.17) is 4.74 Å². The molecule has 0 fully saturated rings. The van der Waals surface area contributed by atoms with Crippen molar-refractivity contribution in [2.75, 3.05) is 0 Å². The lowest BCUT2D eigenvalue weighted by Gasteiger charge is -2.30. The van der Waals surface area contributed by atoms with Gasteiger partial charge in [-0.15, -0.1) is 0 Å². The zero-order chi connectivity index (χ0) is 21.4. The van der Waals surface area contributed by atoms with Crippen molar-refractivity contribution in [1.82, 2.24) is 15.3 Å². The van der Waals surface area contributed by atoms with E-state index >= 15 is 0 Å². The fourth-order valence-corrected chi connectivity index (χ4v) is 4.53. The minimum Gasteiger partial charge on any atom is -0.487 e. The molecule has 5 rings (SSSR count). The number of aromatic nitrogens is 2. The van der Waals surface area contributed by atoms with E-state index in [1.165, 1.54) is 0 Å². The van der Waals surface area contributed by atoms with Crippen molar-refractivity contribution in [3.8, 4) is 5.75 Å². The second kappa shape index (κ2) is 8.17. The lowest BCUT2D eigenvalue weighted by Crippen LogP contribution is -2.45. The number of pyridine rings is 1. The smallest absolute Gasteiger partial charge is 0.321 e. The van der Waals surface area contributed by atoms with Gasteiger partial charge in [0.2, 0.25) is 0 Å². The van der Waals surface area contributed by atoms with E-state index in [2.05, 4.69) is 31.2 Å². The summed E-state index contributed by atoms with van der Waals surface area (Å²) in [5, 5.41) is 14.2. The van der Waals surface area contributed by atoms with Crippen LogP contribution >= 0.6 is 15.9 Å². The van der Waals surface area contributed by atoms with Crippen LogP contribution in [-0.2, 0) is 17.8 Å². The van der Waals surface area contributed by atoms with E-state index in [0.717, 1.165) is 37.9 Å². The van der Waals surface area contributed by atoms with Gasteiger partial charge in [-0.2, -0.15) is 0 Å². The minimum atomic E-state index is -0.869. The van der Waals surface area contributed by atoms with Gasteiger partial charge in [-0.3, -0.25) is 15.1 Å². The van der Waals surface area contributed by atoms with Crippen molar-refractivity contribution in [1.29, 1.82) is 0 Å². The van der Waals surface area contributed by atoms with Gasteiger partial charge in [0.25, 0.3) is 0 Å². The van der Waals surface area contributed by atoms with Gasteiger partial charge < -0.3 is 14.8 Å². The summed E-state index contributed by atoms with van der Waals surface area (Å²) in [6.07, 6.45) is 2.15. The molecule has 31 heavy (non-hydrogen) atoms. The number of carbonyl (C=O) groups is 1. The number of ether oxygens (including phenoxy) is 1. The van der Waals surface area contributed by atoms with Crippen LogP contribution < -0.4 is 10.1 Å². The largest absolute Gasteiger partial charge is 0.487 e. The number of carboxylic acid groups (broad SMARTS) is 1. The number of halogens is 1. The second-order valence-electron chi connectivity index (χ2n) is 7.55. The summed E-state index contributed by atoms with van der Waals surface area (Å²) in [6, 6.07) is 18.4. The van der Waals surface area contributed by atoms with Crippen LogP contribution in [0.25, 0.3) is 10.9 Å². The molecule has 6 nitrogen and oxygen atoms in total. The first-order valence-corrected chi connectivity index (χ1v) is 10.8. The Kier molecular flexibility index (Phi) is 5.21. The number of para-hydroxylation sites is 1. The Balaban J connectivity index is 1.59. The maximum atomic E-state index is 11.9. The van der Waals surface area contributed by atoms with Gasteiger partial charge in [0.05, 0.1) is 11.7 Å². The number of aliphatic carboxylic acids is 1. The Hall–Kier alpha value is -3.16. The average molecular weight is 478 g/mol. The number of carboxylic acids is 1. The molecule has 1 aliphatic heterocycles. The highest BCUT2D eigenvalue weighted by atomic mass is 79.9. The Bertz CT molecular complexity index is 1260. The SMILES string of the molecule is O=C(O)[C@@H]1Cc2c([nH]c3ccccc23)[C@@H](c2cc(Br)ccc2OCc2ccccn2)N1. The summed E-state index contributed by atoms with van der Waals surface area (Å²) in [7, 11) is 0. The van der Waals surface area contributed by atoms with Crippen molar-refractivity contribution in [3.63, 3.8) is 0 Å². The van der Waals surface area contributed by atoms with E-state index in [9.17, 15) is 9.90 Å². The average Bonchev–Trinajstić information content (AvgIpc) is 3.17. The van der Waals surface area contributed by atoms with Gasteiger partial charge in [-0.1, -0.05) is 40.2 Å². The van der Waals surface area contributed by atoms with E-state index in [0.29, 0.717) is 18.8 Å². The summed E-state index contributed by atoms with van der Waals surface area (Å²) in [5.41, 5.74) is 4.69. The maximum absolute atomic E-state index is 11.9. The van der Waals surface area contributed by atoms with Crippen LogP contribution in [-0.4, -0.2) is 27.1 Å². The molecular weight excluding hydrogens is 458 g/mol. The maximum Gasteiger partial charge on any atom is 0.321 e. The minimum absolute atomic E-state index is 0.324. The molecule has 4 aromatic rings. The molecule has 156 valence electrons. The molecule has 3 heterocycles. The molecule has 0 radical (unpaired) electrons. The molecule has 7 heteroatoms. The van der Waals surface area contributed by atoms with Gasteiger partial charge in [0.15, 0.2) is 0 Å². The molecule has 3 N–H and O–H groups in total. The highest BCUT2D eigenvalue weighted by Crippen LogP contribution is 2.39. The fourth-order valence-electron chi connectivity index (χ4n) is 4.15. The van der Waals surface area contributed by atoms with Gasteiger partial charge in [0.1, 0.15) is 18.4 Å². The first kappa shape index (κ1) is 19.8. The van der Waals surface area contributed by atoms with E-state index < -0.39 is 12.0 Å². The second-order valence-corrected chi connectivity index (χ2v) is 8.47. The molecule has 2 aromatic carbocycles. The Morgan fingerprint density at radius 1 is 1.16 bits per heavy atom.